The number of carbonyl (C=O) groups excluding carboxylic acids is 1. The highest BCUT2D eigenvalue weighted by molar-refractivity contribution is 5.96. The number of nitrogens with one attached hydrogen (secondary N) is 1. The van der Waals surface area contributed by atoms with Crippen molar-refractivity contribution in [2.75, 3.05) is 18.9 Å². The van der Waals surface area contributed by atoms with Gasteiger partial charge in [-0.2, -0.15) is 5.10 Å². The molecule has 1 aliphatic heterocycles. The fraction of sp³-hybridized carbons (Fsp3) is 0.692. The number of hydrogen-bond acceptors (Lipinski definition) is 4. The second-order valence-corrected chi connectivity index (χ2v) is 4.87. The third-order valence-electron chi connectivity index (χ3n) is 3.60. The molecule has 0 aliphatic carbocycles. The summed E-state index contributed by atoms with van der Waals surface area (Å²) in [7, 11) is 0. The standard InChI is InChI=1S/C13H22N4O2/c1-3-11-9(5-6-19-11)7-15-13(18)12-10(14)8-17(4-2)16-12/h8-9,11H,3-7,14H2,1-2H3,(H,15,18). The van der Waals surface area contributed by atoms with Gasteiger partial charge < -0.3 is 15.8 Å². The van der Waals surface area contributed by atoms with Crippen molar-refractivity contribution in [1.82, 2.24) is 15.1 Å². The van der Waals surface area contributed by atoms with Crippen LogP contribution < -0.4 is 11.1 Å². The molecule has 6 nitrogen and oxygen atoms in total. The number of nitrogens with two attached hydrogens (primary N) is 1. The van der Waals surface area contributed by atoms with Crippen LogP contribution in [0.3, 0.4) is 0 Å². The van der Waals surface area contributed by atoms with Gasteiger partial charge in [0.1, 0.15) is 0 Å². The average Bonchev–Trinajstić information content (AvgIpc) is 3.01. The van der Waals surface area contributed by atoms with E-state index < -0.39 is 0 Å². The first kappa shape index (κ1) is 13.9. The molecule has 2 heterocycles. The number of aromatic nitrogens is 2. The predicted octanol–water partition coefficient (Wildman–Crippen LogP) is 1.03. The first-order valence-corrected chi connectivity index (χ1v) is 6.88. The number of ether oxygens (including phenoxy) is 1. The Morgan fingerprint density at radius 3 is 3.05 bits per heavy atom. The Kier molecular flexibility index (Phi) is 4.42. The minimum atomic E-state index is -0.202. The van der Waals surface area contributed by atoms with Crippen molar-refractivity contribution in [3.8, 4) is 0 Å². The monoisotopic (exact) mass is 266 g/mol. The van der Waals surface area contributed by atoms with E-state index in [1.807, 2.05) is 6.92 Å². The Bertz CT molecular complexity index is 444. The summed E-state index contributed by atoms with van der Waals surface area (Å²) < 4.78 is 7.27. The molecule has 0 radical (unpaired) electrons. The molecule has 1 aliphatic rings. The molecule has 19 heavy (non-hydrogen) atoms. The number of anilines is 1. The average molecular weight is 266 g/mol. The molecule has 3 N–H and O–H groups in total. The number of carbonyl (C=O) groups is 1. The van der Waals surface area contributed by atoms with Gasteiger partial charge in [0.2, 0.25) is 0 Å². The highest BCUT2D eigenvalue weighted by Gasteiger charge is 2.27. The molecule has 2 unspecified atom stereocenters. The number of nitrogen functional groups attached to an aromatic ring is 1. The van der Waals surface area contributed by atoms with Crippen LogP contribution in [0.15, 0.2) is 6.20 Å². The van der Waals surface area contributed by atoms with Crippen LogP contribution in [0.1, 0.15) is 37.2 Å². The van der Waals surface area contributed by atoms with E-state index in [2.05, 4.69) is 17.3 Å². The normalized spacial score (nSPS) is 22.6. The molecule has 6 heteroatoms. The second-order valence-electron chi connectivity index (χ2n) is 4.87. The Hall–Kier alpha value is -1.56. The molecular weight excluding hydrogens is 244 g/mol. The fourth-order valence-electron chi connectivity index (χ4n) is 2.46. The van der Waals surface area contributed by atoms with Crippen molar-refractivity contribution >= 4 is 11.6 Å². The lowest BCUT2D eigenvalue weighted by Crippen LogP contribution is -2.33. The first-order valence-electron chi connectivity index (χ1n) is 6.88. The summed E-state index contributed by atoms with van der Waals surface area (Å²) >= 11 is 0. The topological polar surface area (TPSA) is 82.2 Å². The number of hydrogen-bond donors (Lipinski definition) is 2. The second kappa shape index (κ2) is 6.06. The van der Waals surface area contributed by atoms with Crippen LogP contribution in [0.4, 0.5) is 5.69 Å². The van der Waals surface area contributed by atoms with Crippen molar-refractivity contribution in [1.29, 1.82) is 0 Å². The third kappa shape index (κ3) is 3.07. The van der Waals surface area contributed by atoms with E-state index in [1.165, 1.54) is 0 Å². The van der Waals surface area contributed by atoms with E-state index >= 15 is 0 Å². The summed E-state index contributed by atoms with van der Waals surface area (Å²) in [6, 6.07) is 0. The molecular formula is C13H22N4O2. The van der Waals surface area contributed by atoms with E-state index in [9.17, 15) is 4.79 Å². The van der Waals surface area contributed by atoms with Crippen LogP contribution in [0.2, 0.25) is 0 Å². The summed E-state index contributed by atoms with van der Waals surface area (Å²) in [6.07, 6.45) is 3.92. The van der Waals surface area contributed by atoms with Gasteiger partial charge in [0.25, 0.3) is 5.91 Å². The van der Waals surface area contributed by atoms with Crippen molar-refractivity contribution < 1.29 is 9.53 Å². The van der Waals surface area contributed by atoms with E-state index in [0.717, 1.165) is 19.4 Å². The Labute approximate surface area is 113 Å². The smallest absolute Gasteiger partial charge is 0.273 e. The van der Waals surface area contributed by atoms with E-state index in [1.54, 1.807) is 10.9 Å². The molecule has 1 aromatic rings. The zero-order valence-electron chi connectivity index (χ0n) is 11.6. The van der Waals surface area contributed by atoms with Crippen molar-refractivity contribution in [3.05, 3.63) is 11.9 Å². The van der Waals surface area contributed by atoms with E-state index in [4.69, 9.17) is 10.5 Å². The molecule has 2 rings (SSSR count). The summed E-state index contributed by atoms with van der Waals surface area (Å²) in [6.45, 7) is 6.16. The number of aryl methyl sites for hydroxylation is 1. The van der Waals surface area contributed by atoms with Gasteiger partial charge in [-0.25, -0.2) is 0 Å². The molecule has 106 valence electrons. The van der Waals surface area contributed by atoms with Crippen molar-refractivity contribution in [3.63, 3.8) is 0 Å². The molecule has 0 spiro atoms. The van der Waals surface area contributed by atoms with Crippen LogP contribution in [-0.2, 0) is 11.3 Å². The first-order chi connectivity index (χ1) is 9.15. The van der Waals surface area contributed by atoms with Gasteiger partial charge >= 0.3 is 0 Å². The maximum atomic E-state index is 12.0. The Morgan fingerprint density at radius 1 is 1.63 bits per heavy atom. The van der Waals surface area contributed by atoms with E-state index in [0.29, 0.717) is 30.4 Å². The predicted molar refractivity (Wildman–Crippen MR) is 72.8 cm³/mol. The molecule has 1 fully saturated rings. The quantitative estimate of drug-likeness (QED) is 0.834. The SMILES string of the molecule is CCC1OCCC1CNC(=O)c1nn(CC)cc1N. The molecule has 0 aromatic carbocycles. The number of amides is 1. The van der Waals surface area contributed by atoms with Gasteiger partial charge in [0.05, 0.1) is 11.8 Å². The van der Waals surface area contributed by atoms with Crippen LogP contribution in [0.5, 0.6) is 0 Å². The Balaban J connectivity index is 1.92. The lowest BCUT2D eigenvalue weighted by atomic mass is 10.00. The van der Waals surface area contributed by atoms with Gasteiger partial charge in [0.15, 0.2) is 5.69 Å². The molecule has 1 saturated heterocycles. The number of rotatable bonds is 5. The minimum absolute atomic E-state index is 0.202. The van der Waals surface area contributed by atoms with Gasteiger partial charge in [-0.3, -0.25) is 9.48 Å². The Morgan fingerprint density at radius 2 is 2.42 bits per heavy atom. The minimum Gasteiger partial charge on any atom is -0.396 e. The molecule has 0 saturated carbocycles. The molecule has 1 amide bonds. The molecule has 0 bridgehead atoms. The van der Waals surface area contributed by atoms with Gasteiger partial charge in [-0.05, 0) is 19.8 Å². The zero-order chi connectivity index (χ0) is 13.8. The largest absolute Gasteiger partial charge is 0.396 e. The van der Waals surface area contributed by atoms with Crippen LogP contribution in [-0.4, -0.2) is 34.9 Å². The van der Waals surface area contributed by atoms with Crippen molar-refractivity contribution in [2.24, 2.45) is 5.92 Å². The lowest BCUT2D eigenvalue weighted by Gasteiger charge is -2.16. The fourth-order valence-corrected chi connectivity index (χ4v) is 2.46. The summed E-state index contributed by atoms with van der Waals surface area (Å²) in [5.41, 5.74) is 6.52. The van der Waals surface area contributed by atoms with Crippen LogP contribution in [0, 0.1) is 5.92 Å². The highest BCUT2D eigenvalue weighted by Crippen LogP contribution is 2.22. The molecule has 1 aromatic heterocycles. The summed E-state index contributed by atoms with van der Waals surface area (Å²) in [5, 5.41) is 7.07. The van der Waals surface area contributed by atoms with Gasteiger partial charge in [0, 0.05) is 31.8 Å². The third-order valence-corrected chi connectivity index (χ3v) is 3.60. The highest BCUT2D eigenvalue weighted by atomic mass is 16.5. The van der Waals surface area contributed by atoms with Crippen molar-refractivity contribution in [2.45, 2.75) is 39.3 Å². The van der Waals surface area contributed by atoms with E-state index in [-0.39, 0.29) is 12.0 Å². The lowest BCUT2D eigenvalue weighted by molar-refractivity contribution is 0.0825. The van der Waals surface area contributed by atoms with Gasteiger partial charge in [-0.15, -0.1) is 0 Å². The number of nitrogens with zero attached hydrogens (tertiary/aromatic N) is 2. The summed E-state index contributed by atoms with van der Waals surface area (Å²) in [4.78, 5) is 12.0. The maximum absolute atomic E-state index is 12.0. The zero-order valence-corrected chi connectivity index (χ0v) is 11.6. The van der Waals surface area contributed by atoms with Crippen LogP contribution >= 0.6 is 0 Å². The van der Waals surface area contributed by atoms with Gasteiger partial charge in [-0.1, -0.05) is 6.92 Å². The van der Waals surface area contributed by atoms with Crippen LogP contribution in [0.25, 0.3) is 0 Å². The summed E-state index contributed by atoms with van der Waals surface area (Å²) in [5.74, 6) is 0.190. The maximum Gasteiger partial charge on any atom is 0.273 e. The molecule has 2 atom stereocenters.